The number of carbonyl (C=O) groups excluding carboxylic acids is 4. The van der Waals surface area contributed by atoms with Gasteiger partial charge >= 0.3 is 12.1 Å². The van der Waals surface area contributed by atoms with Gasteiger partial charge in [-0.3, -0.25) is 24.6 Å². The summed E-state index contributed by atoms with van der Waals surface area (Å²) in [4.78, 5) is 63.6. The van der Waals surface area contributed by atoms with Crippen LogP contribution in [0.25, 0.3) is 0 Å². The first kappa shape index (κ1) is 29.3. The highest BCUT2D eigenvalue weighted by Gasteiger charge is 2.53. The minimum absolute atomic E-state index is 0.0139. The zero-order chi connectivity index (χ0) is 30.3. The summed E-state index contributed by atoms with van der Waals surface area (Å²) in [6.07, 6.45) is 0.772. The lowest BCUT2D eigenvalue weighted by Crippen LogP contribution is -2.70. The van der Waals surface area contributed by atoms with Gasteiger partial charge in [0.05, 0.1) is 4.92 Å². The molecule has 1 unspecified atom stereocenters. The molecule has 5 rings (SSSR count). The Morgan fingerprint density at radius 1 is 0.930 bits per heavy atom. The molecule has 0 saturated carbocycles. The van der Waals surface area contributed by atoms with Gasteiger partial charge in [-0.05, 0) is 34.9 Å². The number of hydrogen-bond donors (Lipinski definition) is 2. The average molecular weight is 603 g/mol. The number of nitro groups is 1. The quantitative estimate of drug-likeness (QED) is 0.153. The maximum Gasteiger partial charge on any atom is 0.408 e. The molecule has 0 aromatic heterocycles. The molecule has 0 spiro atoms. The second-order valence-corrected chi connectivity index (χ2v) is 10.7. The average Bonchev–Trinajstić information content (AvgIpc) is 3.04. The zero-order valence-corrected chi connectivity index (χ0v) is 23.4. The fraction of sp³-hybridized carbons (Fsp3) is 0.200. The molecule has 3 aromatic carbocycles. The van der Waals surface area contributed by atoms with Crippen LogP contribution < -0.4 is 10.6 Å². The van der Waals surface area contributed by atoms with Crippen molar-refractivity contribution >= 4 is 41.3 Å². The molecule has 2 aliphatic heterocycles. The van der Waals surface area contributed by atoms with Crippen molar-refractivity contribution in [1.82, 2.24) is 15.5 Å². The predicted octanol–water partition coefficient (Wildman–Crippen LogP) is 3.59. The van der Waals surface area contributed by atoms with Crippen molar-refractivity contribution in [3.05, 3.63) is 124 Å². The molecule has 1 fully saturated rings. The van der Waals surface area contributed by atoms with Gasteiger partial charge in [-0.15, -0.1) is 11.8 Å². The van der Waals surface area contributed by atoms with Crippen LogP contribution in [0.4, 0.5) is 10.5 Å². The summed E-state index contributed by atoms with van der Waals surface area (Å²) in [7, 11) is 0. The summed E-state index contributed by atoms with van der Waals surface area (Å²) in [6.45, 7) is -0.126. The number of hydrogen-bond acceptors (Lipinski definition) is 9. The monoisotopic (exact) mass is 602 g/mol. The first-order valence-electron chi connectivity index (χ1n) is 13.2. The number of carbonyl (C=O) groups is 4. The minimum Gasteiger partial charge on any atom is -0.456 e. The van der Waals surface area contributed by atoms with E-state index in [0.29, 0.717) is 16.9 Å². The van der Waals surface area contributed by atoms with Crippen molar-refractivity contribution in [2.24, 2.45) is 0 Å². The van der Waals surface area contributed by atoms with Crippen LogP contribution in [-0.2, 0) is 37.1 Å². The van der Waals surface area contributed by atoms with Crippen LogP contribution in [-0.4, -0.2) is 50.9 Å². The third kappa shape index (κ3) is 6.84. The molecule has 13 heteroatoms. The molecule has 2 heterocycles. The van der Waals surface area contributed by atoms with Crippen molar-refractivity contribution in [1.29, 1.82) is 0 Å². The Morgan fingerprint density at radius 3 is 2.23 bits per heavy atom. The van der Waals surface area contributed by atoms with Crippen LogP contribution in [0.1, 0.15) is 22.7 Å². The number of amides is 3. The Kier molecular flexibility index (Phi) is 9.01. The number of nitrogens with one attached hydrogen (secondary N) is 2. The molecule has 3 aromatic rings. The smallest absolute Gasteiger partial charge is 0.408 e. The van der Waals surface area contributed by atoms with Crippen molar-refractivity contribution in [3.63, 3.8) is 0 Å². The number of esters is 1. The normalized spacial score (nSPS) is 17.8. The number of non-ortho nitro benzene ring substituents is 1. The Morgan fingerprint density at radius 2 is 1.56 bits per heavy atom. The Hall–Kier alpha value is -5.17. The van der Waals surface area contributed by atoms with Gasteiger partial charge in [-0.25, -0.2) is 9.59 Å². The highest BCUT2D eigenvalue weighted by Crippen LogP contribution is 2.38. The fourth-order valence-electron chi connectivity index (χ4n) is 4.53. The highest BCUT2D eigenvalue weighted by atomic mass is 32.2. The van der Waals surface area contributed by atoms with E-state index in [1.54, 1.807) is 48.5 Å². The van der Waals surface area contributed by atoms with Gasteiger partial charge in [0.15, 0.2) is 0 Å². The number of β-lactam (4-membered cyclic amide) rings is 1. The molecule has 0 bridgehead atoms. The van der Waals surface area contributed by atoms with Crippen molar-refractivity contribution < 1.29 is 33.6 Å². The topological polar surface area (TPSA) is 157 Å². The SMILES string of the molecule is O=C(N[C@H](C(=O)NC1C(=O)N2C(C(=O)OCc3ccc([N+](=O)[O-])cc3)=CCS[C@@H]12)c1ccccc1)OCc1ccccc1. The summed E-state index contributed by atoms with van der Waals surface area (Å²) >= 11 is 1.36. The minimum atomic E-state index is -1.14. The van der Waals surface area contributed by atoms with E-state index >= 15 is 0 Å². The lowest BCUT2D eigenvalue weighted by atomic mass is 10.0. The molecular formula is C30H26N4O8S. The zero-order valence-electron chi connectivity index (χ0n) is 22.6. The number of fused-ring (bicyclic) bond motifs is 1. The van der Waals surface area contributed by atoms with Gasteiger partial charge in [-0.1, -0.05) is 60.7 Å². The predicted molar refractivity (Wildman–Crippen MR) is 155 cm³/mol. The van der Waals surface area contributed by atoms with E-state index in [1.165, 1.54) is 40.9 Å². The van der Waals surface area contributed by atoms with Crippen LogP contribution in [0.5, 0.6) is 0 Å². The van der Waals surface area contributed by atoms with Gasteiger partial charge < -0.3 is 20.1 Å². The first-order chi connectivity index (χ1) is 20.8. The van der Waals surface area contributed by atoms with Gasteiger partial charge in [0.1, 0.15) is 36.4 Å². The molecular weight excluding hydrogens is 576 g/mol. The molecule has 12 nitrogen and oxygen atoms in total. The molecule has 1 saturated heterocycles. The number of benzene rings is 3. The standard InChI is InChI=1S/C30H26N4O8S/c35-26(24(21-9-5-2-6-10-21)32-30(38)42-18-19-7-3-1-4-8-19)31-25-27(36)33-23(15-16-43-28(25)33)29(37)41-17-20-11-13-22(14-12-20)34(39)40/h1-15,24-25,28H,16-18H2,(H,31,35)(H,32,38)/t24-,25?,28-/m0/s1. The number of ether oxygens (including phenoxy) is 2. The number of rotatable bonds is 10. The largest absolute Gasteiger partial charge is 0.456 e. The maximum absolute atomic E-state index is 13.4. The molecule has 2 aliphatic rings. The van der Waals surface area contributed by atoms with Crippen molar-refractivity contribution in [3.8, 4) is 0 Å². The summed E-state index contributed by atoms with van der Waals surface area (Å²) in [5.41, 5.74) is 1.79. The Labute approximate surface area is 250 Å². The Bertz CT molecular complexity index is 1550. The third-order valence-electron chi connectivity index (χ3n) is 6.74. The summed E-state index contributed by atoms with van der Waals surface area (Å²) in [5, 5.41) is 15.6. The van der Waals surface area contributed by atoms with Crippen molar-refractivity contribution in [2.45, 2.75) is 30.7 Å². The molecule has 43 heavy (non-hydrogen) atoms. The first-order valence-corrected chi connectivity index (χ1v) is 14.2. The molecule has 3 atom stereocenters. The number of nitrogens with zero attached hydrogens (tertiary/aromatic N) is 2. The van der Waals surface area contributed by atoms with Crippen LogP contribution in [0.2, 0.25) is 0 Å². The molecule has 0 radical (unpaired) electrons. The van der Waals surface area contributed by atoms with Gasteiger partial charge in [0.25, 0.3) is 11.6 Å². The van der Waals surface area contributed by atoms with E-state index in [9.17, 15) is 29.3 Å². The van der Waals surface area contributed by atoms with E-state index < -0.39 is 46.3 Å². The molecule has 220 valence electrons. The third-order valence-corrected chi connectivity index (χ3v) is 7.92. The van der Waals surface area contributed by atoms with Gasteiger partial charge in [0, 0.05) is 17.9 Å². The summed E-state index contributed by atoms with van der Waals surface area (Å²) in [6, 6.07) is 21.2. The van der Waals surface area contributed by atoms with Gasteiger partial charge in [-0.2, -0.15) is 0 Å². The Balaban J connectivity index is 1.20. The van der Waals surface area contributed by atoms with E-state index in [1.807, 2.05) is 18.2 Å². The number of nitro benzene ring substituents is 1. The second kappa shape index (κ2) is 13.2. The molecule has 2 N–H and O–H groups in total. The number of alkyl carbamates (subject to hydrolysis) is 1. The van der Waals surface area contributed by atoms with Crippen LogP contribution in [0.15, 0.2) is 96.7 Å². The van der Waals surface area contributed by atoms with E-state index in [2.05, 4.69) is 10.6 Å². The van der Waals surface area contributed by atoms with Gasteiger partial charge in [0.2, 0.25) is 5.91 Å². The molecule has 3 amide bonds. The van der Waals surface area contributed by atoms with Crippen molar-refractivity contribution in [2.75, 3.05) is 5.75 Å². The number of thioether (sulfide) groups is 1. The summed E-state index contributed by atoms with van der Waals surface area (Å²) < 4.78 is 10.6. The summed E-state index contributed by atoms with van der Waals surface area (Å²) in [5.74, 6) is -1.44. The highest BCUT2D eigenvalue weighted by molar-refractivity contribution is 8.00. The molecule has 0 aliphatic carbocycles. The van der Waals surface area contributed by atoms with E-state index in [4.69, 9.17) is 9.47 Å². The maximum atomic E-state index is 13.4. The second-order valence-electron chi connectivity index (χ2n) is 9.56. The lowest BCUT2D eigenvalue weighted by molar-refractivity contribution is -0.384. The lowest BCUT2D eigenvalue weighted by Gasteiger charge is -2.48. The van der Waals surface area contributed by atoms with Crippen LogP contribution in [0, 0.1) is 10.1 Å². The van der Waals surface area contributed by atoms with Crippen LogP contribution >= 0.6 is 11.8 Å². The van der Waals surface area contributed by atoms with E-state index in [0.717, 1.165) is 5.56 Å². The van der Waals surface area contributed by atoms with E-state index in [-0.39, 0.29) is 24.6 Å². The fourth-order valence-corrected chi connectivity index (χ4v) is 5.73. The van der Waals surface area contributed by atoms with Crippen LogP contribution in [0.3, 0.4) is 0 Å².